The standard InChI is InChI=1S/C19H20N2O6/c1-26-18(22)16(19(23)27-2)15(17(20)12-7-4-3-5-8-12)13-9-6-10-14(11-13)21(24)25/h3-11,15-17H,20H2,1-2H3/t15-,17-/m1/s1. The van der Waals surface area contributed by atoms with Crippen LogP contribution in [-0.4, -0.2) is 31.1 Å². The van der Waals surface area contributed by atoms with Crippen LogP contribution in [0.4, 0.5) is 5.69 Å². The second kappa shape index (κ2) is 8.91. The van der Waals surface area contributed by atoms with Crippen LogP contribution < -0.4 is 5.73 Å². The van der Waals surface area contributed by atoms with Crippen LogP contribution in [0.3, 0.4) is 0 Å². The van der Waals surface area contributed by atoms with Crippen molar-refractivity contribution in [3.05, 3.63) is 75.8 Å². The first-order chi connectivity index (χ1) is 12.9. The summed E-state index contributed by atoms with van der Waals surface area (Å²) in [5.41, 5.74) is 7.24. The number of nitrogens with two attached hydrogens (primary N) is 1. The first-order valence-corrected chi connectivity index (χ1v) is 8.11. The van der Waals surface area contributed by atoms with Gasteiger partial charge in [0, 0.05) is 24.1 Å². The van der Waals surface area contributed by atoms with E-state index < -0.39 is 34.7 Å². The van der Waals surface area contributed by atoms with Crippen LogP contribution >= 0.6 is 0 Å². The number of carbonyl (C=O) groups is 2. The van der Waals surface area contributed by atoms with Crippen LogP contribution in [-0.2, 0) is 19.1 Å². The molecule has 2 rings (SSSR count). The maximum Gasteiger partial charge on any atom is 0.320 e. The number of ether oxygens (including phenoxy) is 2. The summed E-state index contributed by atoms with van der Waals surface area (Å²) in [4.78, 5) is 35.3. The predicted molar refractivity (Wildman–Crippen MR) is 96.7 cm³/mol. The lowest BCUT2D eigenvalue weighted by Crippen LogP contribution is -2.37. The van der Waals surface area contributed by atoms with Gasteiger partial charge in [0.25, 0.3) is 5.69 Å². The number of benzene rings is 2. The number of nitrogens with zero attached hydrogens (tertiary/aromatic N) is 1. The summed E-state index contributed by atoms with van der Waals surface area (Å²) in [6.07, 6.45) is 0. The number of non-ortho nitro benzene ring substituents is 1. The lowest BCUT2D eigenvalue weighted by molar-refractivity contribution is -0.384. The van der Waals surface area contributed by atoms with Crippen molar-refractivity contribution in [3.8, 4) is 0 Å². The number of hydrogen-bond acceptors (Lipinski definition) is 7. The van der Waals surface area contributed by atoms with E-state index in [9.17, 15) is 19.7 Å². The molecule has 8 nitrogen and oxygen atoms in total. The molecule has 2 aromatic rings. The smallest absolute Gasteiger partial charge is 0.320 e. The highest BCUT2D eigenvalue weighted by Crippen LogP contribution is 2.38. The molecule has 2 N–H and O–H groups in total. The molecule has 8 heteroatoms. The third-order valence-corrected chi connectivity index (χ3v) is 4.31. The number of rotatable bonds is 7. The first kappa shape index (κ1) is 20.1. The summed E-state index contributed by atoms with van der Waals surface area (Å²) in [7, 11) is 2.30. The zero-order valence-electron chi connectivity index (χ0n) is 14.9. The van der Waals surface area contributed by atoms with Crippen LogP contribution in [0.1, 0.15) is 23.1 Å². The summed E-state index contributed by atoms with van der Waals surface area (Å²) in [6.45, 7) is 0. The molecule has 0 bridgehead atoms. The zero-order valence-corrected chi connectivity index (χ0v) is 14.9. The van der Waals surface area contributed by atoms with E-state index in [1.807, 2.05) is 0 Å². The SMILES string of the molecule is COC(=O)C(C(=O)OC)[C@@H](c1cccc([N+](=O)[O-])c1)[C@H](N)c1ccccc1. The summed E-state index contributed by atoms with van der Waals surface area (Å²) >= 11 is 0. The van der Waals surface area contributed by atoms with Gasteiger partial charge in [0.15, 0.2) is 5.92 Å². The number of esters is 2. The maximum absolute atomic E-state index is 12.4. The van der Waals surface area contributed by atoms with Gasteiger partial charge in [-0.2, -0.15) is 0 Å². The molecule has 0 radical (unpaired) electrons. The summed E-state index contributed by atoms with van der Waals surface area (Å²) in [5.74, 6) is -3.96. The van der Waals surface area contributed by atoms with Crippen LogP contribution in [0.2, 0.25) is 0 Å². The minimum absolute atomic E-state index is 0.175. The molecule has 0 aliphatic rings. The Hall–Kier alpha value is -3.26. The zero-order chi connectivity index (χ0) is 20.0. The number of hydrogen-bond donors (Lipinski definition) is 1. The number of methoxy groups -OCH3 is 2. The van der Waals surface area contributed by atoms with Crippen LogP contribution in [0.5, 0.6) is 0 Å². The molecular formula is C19H20N2O6. The van der Waals surface area contributed by atoms with Crippen molar-refractivity contribution in [3.63, 3.8) is 0 Å². The van der Waals surface area contributed by atoms with E-state index >= 15 is 0 Å². The molecule has 0 saturated carbocycles. The van der Waals surface area contributed by atoms with E-state index in [2.05, 4.69) is 0 Å². The molecule has 0 fully saturated rings. The molecule has 0 aromatic heterocycles. The second-order valence-corrected chi connectivity index (χ2v) is 5.84. The van der Waals surface area contributed by atoms with Crippen molar-refractivity contribution in [2.24, 2.45) is 11.7 Å². The van der Waals surface area contributed by atoms with Crippen molar-refractivity contribution in [2.45, 2.75) is 12.0 Å². The molecule has 0 heterocycles. The minimum Gasteiger partial charge on any atom is -0.468 e. The van der Waals surface area contributed by atoms with Crippen molar-refractivity contribution >= 4 is 17.6 Å². The van der Waals surface area contributed by atoms with Gasteiger partial charge in [0.2, 0.25) is 0 Å². The van der Waals surface area contributed by atoms with E-state index in [1.165, 1.54) is 18.2 Å². The molecule has 0 amide bonds. The highest BCUT2D eigenvalue weighted by molar-refractivity contribution is 5.96. The van der Waals surface area contributed by atoms with Gasteiger partial charge >= 0.3 is 11.9 Å². The predicted octanol–water partition coefficient (Wildman–Crippen LogP) is 2.34. The highest BCUT2D eigenvalue weighted by atomic mass is 16.6. The van der Waals surface area contributed by atoms with Crippen molar-refractivity contribution < 1.29 is 24.0 Å². The number of nitro groups is 1. The normalized spacial score (nSPS) is 12.9. The quantitative estimate of drug-likeness (QED) is 0.342. The van der Waals surface area contributed by atoms with Gasteiger partial charge < -0.3 is 15.2 Å². The molecule has 142 valence electrons. The molecule has 2 atom stereocenters. The fraction of sp³-hybridized carbons (Fsp3) is 0.263. The maximum atomic E-state index is 12.4. The van der Waals surface area contributed by atoms with Crippen molar-refractivity contribution in [1.29, 1.82) is 0 Å². The Labute approximate surface area is 156 Å². The average Bonchev–Trinajstić information content (AvgIpc) is 2.71. The topological polar surface area (TPSA) is 122 Å². The summed E-state index contributed by atoms with van der Waals surface area (Å²) < 4.78 is 9.54. The molecule has 2 aromatic carbocycles. The second-order valence-electron chi connectivity index (χ2n) is 5.84. The van der Waals surface area contributed by atoms with E-state index in [0.717, 1.165) is 14.2 Å². The molecule has 0 spiro atoms. The highest BCUT2D eigenvalue weighted by Gasteiger charge is 2.42. The van der Waals surface area contributed by atoms with E-state index in [4.69, 9.17) is 15.2 Å². The van der Waals surface area contributed by atoms with E-state index in [0.29, 0.717) is 11.1 Å². The van der Waals surface area contributed by atoms with E-state index in [-0.39, 0.29) is 5.69 Å². The Balaban J connectivity index is 2.63. The van der Waals surface area contributed by atoms with Crippen LogP contribution in [0.15, 0.2) is 54.6 Å². The van der Waals surface area contributed by atoms with Gasteiger partial charge in [-0.3, -0.25) is 19.7 Å². The third kappa shape index (κ3) is 4.48. The molecule has 0 aliphatic heterocycles. The monoisotopic (exact) mass is 372 g/mol. The van der Waals surface area contributed by atoms with Gasteiger partial charge in [-0.15, -0.1) is 0 Å². The molecule has 27 heavy (non-hydrogen) atoms. The fourth-order valence-corrected chi connectivity index (χ4v) is 2.98. The average molecular weight is 372 g/mol. The van der Waals surface area contributed by atoms with Gasteiger partial charge in [-0.1, -0.05) is 42.5 Å². The van der Waals surface area contributed by atoms with E-state index in [1.54, 1.807) is 36.4 Å². The number of carbonyl (C=O) groups excluding carboxylic acids is 2. The fourth-order valence-electron chi connectivity index (χ4n) is 2.98. The Bertz CT molecular complexity index is 808. The first-order valence-electron chi connectivity index (χ1n) is 8.11. The van der Waals surface area contributed by atoms with Crippen LogP contribution in [0, 0.1) is 16.0 Å². The van der Waals surface area contributed by atoms with Gasteiger partial charge in [-0.05, 0) is 11.1 Å². The van der Waals surface area contributed by atoms with Crippen molar-refractivity contribution in [2.75, 3.05) is 14.2 Å². The Morgan fingerprint density at radius 3 is 2.04 bits per heavy atom. The van der Waals surface area contributed by atoms with Gasteiger partial charge in [0.05, 0.1) is 19.1 Å². The summed E-state index contributed by atoms with van der Waals surface area (Å²) in [6, 6.07) is 13.7. The lowest BCUT2D eigenvalue weighted by Gasteiger charge is -2.29. The molecular weight excluding hydrogens is 352 g/mol. The molecule has 0 aliphatic carbocycles. The largest absolute Gasteiger partial charge is 0.468 e. The van der Waals surface area contributed by atoms with Gasteiger partial charge in [-0.25, -0.2) is 0 Å². The Morgan fingerprint density at radius 1 is 0.963 bits per heavy atom. The minimum atomic E-state index is -1.38. The number of nitro benzene ring substituents is 1. The molecule has 0 unspecified atom stereocenters. The Morgan fingerprint density at radius 2 is 1.52 bits per heavy atom. The Kier molecular flexibility index (Phi) is 6.62. The van der Waals surface area contributed by atoms with Crippen molar-refractivity contribution in [1.82, 2.24) is 0 Å². The summed E-state index contributed by atoms with van der Waals surface area (Å²) in [5, 5.41) is 11.2. The lowest BCUT2D eigenvalue weighted by atomic mass is 9.78. The molecule has 0 saturated heterocycles. The van der Waals surface area contributed by atoms with Gasteiger partial charge in [0.1, 0.15) is 0 Å². The van der Waals surface area contributed by atoms with Crippen LogP contribution in [0.25, 0.3) is 0 Å². The third-order valence-electron chi connectivity index (χ3n) is 4.31.